The summed E-state index contributed by atoms with van der Waals surface area (Å²) < 4.78 is 11.4. The number of benzene rings is 2. The maximum absolute atomic E-state index is 12.8. The van der Waals surface area contributed by atoms with Crippen molar-refractivity contribution in [3.8, 4) is 11.5 Å². The molecule has 1 N–H and O–H groups in total. The number of ether oxygens (including phenoxy) is 2. The van der Waals surface area contributed by atoms with Crippen LogP contribution in [0.2, 0.25) is 0 Å². The Morgan fingerprint density at radius 2 is 1.69 bits per heavy atom. The minimum absolute atomic E-state index is 0.0483. The van der Waals surface area contributed by atoms with E-state index in [4.69, 9.17) is 9.47 Å². The lowest BCUT2D eigenvalue weighted by Crippen LogP contribution is -2.43. The number of para-hydroxylation sites is 1. The van der Waals surface area contributed by atoms with E-state index in [9.17, 15) is 9.59 Å². The Morgan fingerprint density at radius 1 is 1.00 bits per heavy atom. The number of nitrogens with zero attached hydrogens (tertiary/aromatic N) is 1. The maximum Gasteiger partial charge on any atom is 0.225 e. The van der Waals surface area contributed by atoms with Crippen LogP contribution in [0.15, 0.2) is 54.6 Å². The first kappa shape index (κ1) is 23.6. The van der Waals surface area contributed by atoms with E-state index in [-0.39, 0.29) is 29.9 Å². The summed E-state index contributed by atoms with van der Waals surface area (Å²) in [6, 6.07) is 17.2. The van der Waals surface area contributed by atoms with E-state index in [1.54, 1.807) is 0 Å². The molecule has 1 aliphatic rings. The number of carbonyl (C=O) groups excluding carboxylic acids is 2. The highest BCUT2D eigenvalue weighted by Gasteiger charge is 2.28. The summed E-state index contributed by atoms with van der Waals surface area (Å²) >= 11 is 0. The first-order valence-corrected chi connectivity index (χ1v) is 11.4. The second-order valence-corrected chi connectivity index (χ2v) is 8.54. The predicted molar refractivity (Wildman–Crippen MR) is 125 cm³/mol. The zero-order valence-corrected chi connectivity index (χ0v) is 19.3. The zero-order chi connectivity index (χ0) is 22.9. The molecule has 0 spiro atoms. The molecule has 1 unspecified atom stereocenters. The van der Waals surface area contributed by atoms with E-state index in [2.05, 4.69) is 5.32 Å². The molecular weight excluding hydrogens is 404 g/mol. The molecule has 1 atom stereocenters. The van der Waals surface area contributed by atoms with Crippen molar-refractivity contribution in [2.75, 3.05) is 19.7 Å². The number of piperidine rings is 1. The number of rotatable bonds is 9. The lowest BCUT2D eigenvalue weighted by Gasteiger charge is -2.32. The van der Waals surface area contributed by atoms with Crippen molar-refractivity contribution in [3.05, 3.63) is 60.2 Å². The first-order chi connectivity index (χ1) is 15.4. The summed E-state index contributed by atoms with van der Waals surface area (Å²) in [4.78, 5) is 27.1. The highest BCUT2D eigenvalue weighted by Crippen LogP contribution is 2.23. The van der Waals surface area contributed by atoms with Gasteiger partial charge in [0.05, 0.1) is 25.2 Å². The molecule has 1 heterocycles. The number of likely N-dealkylation sites (tertiary alicyclic amines) is 1. The van der Waals surface area contributed by atoms with Crippen LogP contribution in [0.25, 0.3) is 0 Å². The lowest BCUT2D eigenvalue weighted by molar-refractivity contribution is -0.136. The Hall–Kier alpha value is -3.02. The molecule has 0 bridgehead atoms. The Labute approximate surface area is 190 Å². The van der Waals surface area contributed by atoms with E-state index in [1.165, 1.54) is 0 Å². The quantitative estimate of drug-likeness (QED) is 0.632. The third-order valence-electron chi connectivity index (χ3n) is 5.63. The van der Waals surface area contributed by atoms with Crippen LogP contribution >= 0.6 is 0 Å². The monoisotopic (exact) mass is 438 g/mol. The maximum atomic E-state index is 12.8. The van der Waals surface area contributed by atoms with Crippen molar-refractivity contribution in [1.82, 2.24) is 10.2 Å². The molecular formula is C26H34N2O4. The largest absolute Gasteiger partial charge is 0.493 e. The number of hydrogen-bond acceptors (Lipinski definition) is 4. The molecule has 0 saturated carbocycles. The molecule has 1 fully saturated rings. The van der Waals surface area contributed by atoms with E-state index >= 15 is 0 Å². The molecule has 1 saturated heterocycles. The highest BCUT2D eigenvalue weighted by molar-refractivity contribution is 5.80. The van der Waals surface area contributed by atoms with Gasteiger partial charge in [-0.3, -0.25) is 9.59 Å². The Morgan fingerprint density at radius 3 is 2.38 bits per heavy atom. The predicted octanol–water partition coefficient (Wildman–Crippen LogP) is 4.36. The van der Waals surface area contributed by atoms with Crippen LogP contribution in [0.3, 0.4) is 0 Å². The first-order valence-electron chi connectivity index (χ1n) is 11.4. The van der Waals surface area contributed by atoms with E-state index < -0.39 is 0 Å². The fourth-order valence-electron chi connectivity index (χ4n) is 3.87. The Kier molecular flexibility index (Phi) is 8.54. The molecule has 0 aromatic heterocycles. The summed E-state index contributed by atoms with van der Waals surface area (Å²) in [6.45, 7) is 7.54. The van der Waals surface area contributed by atoms with Crippen LogP contribution in [-0.4, -0.2) is 42.5 Å². The summed E-state index contributed by atoms with van der Waals surface area (Å²) in [5, 5.41) is 3.13. The van der Waals surface area contributed by atoms with E-state index in [0.29, 0.717) is 39.0 Å². The summed E-state index contributed by atoms with van der Waals surface area (Å²) in [5.41, 5.74) is 1.02. The van der Waals surface area contributed by atoms with Crippen LogP contribution in [0, 0.1) is 5.92 Å². The summed E-state index contributed by atoms with van der Waals surface area (Å²) in [7, 11) is 0. The van der Waals surface area contributed by atoms with Gasteiger partial charge < -0.3 is 19.7 Å². The molecule has 2 amide bonds. The number of hydrogen-bond donors (Lipinski definition) is 1. The third-order valence-corrected chi connectivity index (χ3v) is 5.63. The van der Waals surface area contributed by atoms with Gasteiger partial charge in [0, 0.05) is 19.0 Å². The molecule has 3 rings (SSSR count). The topological polar surface area (TPSA) is 67.9 Å². The van der Waals surface area contributed by atoms with E-state index in [0.717, 1.165) is 17.1 Å². The van der Waals surface area contributed by atoms with Crippen molar-refractivity contribution in [2.24, 2.45) is 5.92 Å². The summed E-state index contributed by atoms with van der Waals surface area (Å²) in [5.74, 6) is 1.63. The molecule has 172 valence electrons. The van der Waals surface area contributed by atoms with Crippen molar-refractivity contribution < 1.29 is 19.1 Å². The molecule has 6 nitrogen and oxygen atoms in total. The van der Waals surface area contributed by atoms with Crippen LogP contribution in [-0.2, 0) is 9.59 Å². The van der Waals surface area contributed by atoms with Crippen LogP contribution < -0.4 is 14.8 Å². The zero-order valence-electron chi connectivity index (χ0n) is 19.3. The molecule has 0 radical (unpaired) electrons. The van der Waals surface area contributed by atoms with Gasteiger partial charge in [0.2, 0.25) is 11.8 Å². The van der Waals surface area contributed by atoms with Gasteiger partial charge in [-0.15, -0.1) is 0 Å². The van der Waals surface area contributed by atoms with Gasteiger partial charge in [0.25, 0.3) is 0 Å². The molecule has 1 aliphatic heterocycles. The fourth-order valence-corrected chi connectivity index (χ4v) is 3.87. The van der Waals surface area contributed by atoms with Gasteiger partial charge in [-0.2, -0.15) is 0 Å². The van der Waals surface area contributed by atoms with Gasteiger partial charge in [0.15, 0.2) is 0 Å². The fraction of sp³-hybridized carbons (Fsp3) is 0.462. The minimum Gasteiger partial charge on any atom is -0.493 e. The molecule has 2 aromatic rings. The average molecular weight is 439 g/mol. The minimum atomic E-state index is -0.104. The molecule has 0 aliphatic carbocycles. The SMILES string of the molecule is CC(C)Oc1cccc(C(C)NC(=O)C2CCN(C(=O)CCOc3ccccc3)CC2)c1. The molecule has 32 heavy (non-hydrogen) atoms. The summed E-state index contributed by atoms with van der Waals surface area (Å²) in [6.07, 6.45) is 1.81. The Bertz CT molecular complexity index is 876. The number of amides is 2. The molecule has 6 heteroatoms. The second-order valence-electron chi connectivity index (χ2n) is 8.54. The van der Waals surface area contributed by atoms with Crippen molar-refractivity contribution >= 4 is 11.8 Å². The lowest BCUT2D eigenvalue weighted by atomic mass is 9.95. The van der Waals surface area contributed by atoms with Crippen LogP contribution in [0.1, 0.15) is 51.6 Å². The van der Waals surface area contributed by atoms with Gasteiger partial charge in [-0.05, 0) is 63.4 Å². The normalized spacial score (nSPS) is 15.3. The standard InChI is InChI=1S/C26H34N2O4/c1-19(2)32-24-11-7-8-22(18-24)20(3)27-26(30)21-12-15-28(16-13-21)25(29)14-17-31-23-9-5-4-6-10-23/h4-11,18-21H,12-17H2,1-3H3,(H,27,30). The second kappa shape index (κ2) is 11.6. The van der Waals surface area contributed by atoms with E-state index in [1.807, 2.05) is 80.3 Å². The van der Waals surface area contributed by atoms with Gasteiger partial charge >= 0.3 is 0 Å². The van der Waals surface area contributed by atoms with Gasteiger partial charge in [-0.1, -0.05) is 30.3 Å². The smallest absolute Gasteiger partial charge is 0.225 e. The van der Waals surface area contributed by atoms with Gasteiger partial charge in [0.1, 0.15) is 11.5 Å². The number of nitrogens with one attached hydrogen (secondary N) is 1. The van der Waals surface area contributed by atoms with Crippen molar-refractivity contribution in [2.45, 2.75) is 52.2 Å². The highest BCUT2D eigenvalue weighted by atomic mass is 16.5. The van der Waals surface area contributed by atoms with Crippen LogP contribution in [0.5, 0.6) is 11.5 Å². The van der Waals surface area contributed by atoms with Crippen molar-refractivity contribution in [1.29, 1.82) is 0 Å². The van der Waals surface area contributed by atoms with Crippen LogP contribution in [0.4, 0.5) is 0 Å². The Balaban J connectivity index is 1.41. The van der Waals surface area contributed by atoms with Crippen molar-refractivity contribution in [3.63, 3.8) is 0 Å². The number of carbonyl (C=O) groups is 2. The average Bonchev–Trinajstić information content (AvgIpc) is 2.79. The third kappa shape index (κ3) is 7.01. The molecule has 2 aromatic carbocycles. The van der Waals surface area contributed by atoms with Gasteiger partial charge in [-0.25, -0.2) is 0 Å².